The van der Waals surface area contributed by atoms with Crippen LogP contribution in [0.15, 0.2) is 17.5 Å². The Labute approximate surface area is 124 Å². The normalized spacial score (nSPS) is 17.5. The maximum Gasteiger partial charge on any atom is 0.434 e. The molecule has 21 heavy (non-hydrogen) atoms. The van der Waals surface area contributed by atoms with Gasteiger partial charge >= 0.3 is 6.18 Å². The van der Waals surface area contributed by atoms with Gasteiger partial charge in [0.2, 0.25) is 0 Å². The third kappa shape index (κ3) is 3.69. The number of amidine groups is 1. The summed E-state index contributed by atoms with van der Waals surface area (Å²) in [6.07, 6.45) is -0.207. The summed E-state index contributed by atoms with van der Waals surface area (Å²) < 4.78 is 39.2. The summed E-state index contributed by atoms with van der Waals surface area (Å²) in [7, 11) is 0. The standard InChI is InChI=1S/C12H13ClF3N5/c1-7(13)20-11(21(5-17)8-2-3-8)9-4-18-6-19-10(9)12(14,15)16/h4-8,17H,2-3H2,1H3. The molecule has 1 aromatic heterocycles. The van der Waals surface area contributed by atoms with Crippen molar-refractivity contribution in [3.8, 4) is 0 Å². The van der Waals surface area contributed by atoms with Gasteiger partial charge < -0.3 is 4.90 Å². The lowest BCUT2D eigenvalue weighted by molar-refractivity contribution is -0.141. The van der Waals surface area contributed by atoms with Crippen molar-refractivity contribution >= 4 is 23.8 Å². The number of alkyl halides is 4. The highest BCUT2D eigenvalue weighted by atomic mass is 35.5. The minimum Gasteiger partial charge on any atom is -0.314 e. The van der Waals surface area contributed by atoms with E-state index in [1.165, 1.54) is 11.8 Å². The molecule has 1 aromatic rings. The van der Waals surface area contributed by atoms with Crippen LogP contribution in [-0.4, -0.2) is 38.6 Å². The molecule has 1 fully saturated rings. The van der Waals surface area contributed by atoms with E-state index < -0.39 is 17.4 Å². The van der Waals surface area contributed by atoms with Gasteiger partial charge in [-0.1, -0.05) is 11.6 Å². The monoisotopic (exact) mass is 319 g/mol. The predicted octanol–water partition coefficient (Wildman–Crippen LogP) is 2.90. The van der Waals surface area contributed by atoms with E-state index in [2.05, 4.69) is 15.0 Å². The average Bonchev–Trinajstić information content (AvgIpc) is 3.21. The van der Waals surface area contributed by atoms with Crippen molar-refractivity contribution in [1.29, 1.82) is 5.41 Å². The molecule has 0 aromatic carbocycles. The van der Waals surface area contributed by atoms with E-state index in [4.69, 9.17) is 17.0 Å². The number of hydrogen-bond acceptors (Lipinski definition) is 4. The highest BCUT2D eigenvalue weighted by Crippen LogP contribution is 2.33. The van der Waals surface area contributed by atoms with Crippen LogP contribution in [0.1, 0.15) is 31.0 Å². The predicted molar refractivity (Wildman–Crippen MR) is 72.5 cm³/mol. The Morgan fingerprint density at radius 2 is 2.24 bits per heavy atom. The van der Waals surface area contributed by atoms with Crippen molar-refractivity contribution in [1.82, 2.24) is 14.9 Å². The molecule has 0 spiro atoms. The van der Waals surface area contributed by atoms with Crippen LogP contribution in [0.3, 0.4) is 0 Å². The minimum atomic E-state index is -4.63. The highest BCUT2D eigenvalue weighted by molar-refractivity contribution is 6.21. The first kappa shape index (κ1) is 15.7. The Morgan fingerprint density at radius 1 is 1.57 bits per heavy atom. The molecule has 2 rings (SSSR count). The summed E-state index contributed by atoms with van der Waals surface area (Å²) in [6.45, 7) is 1.54. The number of hydrogen-bond donors (Lipinski definition) is 1. The molecule has 1 saturated carbocycles. The van der Waals surface area contributed by atoms with Crippen molar-refractivity contribution in [2.45, 2.75) is 37.5 Å². The van der Waals surface area contributed by atoms with Gasteiger partial charge in [0.25, 0.3) is 0 Å². The Kier molecular flexibility index (Phi) is 4.46. The fraction of sp³-hybridized carbons (Fsp3) is 0.500. The lowest BCUT2D eigenvalue weighted by Crippen LogP contribution is -2.35. The molecule has 114 valence electrons. The van der Waals surface area contributed by atoms with Gasteiger partial charge in [0.1, 0.15) is 17.7 Å². The van der Waals surface area contributed by atoms with Gasteiger partial charge in [-0.3, -0.25) is 5.41 Å². The van der Waals surface area contributed by atoms with E-state index in [-0.39, 0.29) is 17.4 Å². The first-order valence-corrected chi connectivity index (χ1v) is 6.66. The molecule has 1 N–H and O–H groups in total. The number of aliphatic imine (C=N–C) groups is 1. The number of nitrogens with zero attached hydrogens (tertiary/aromatic N) is 4. The van der Waals surface area contributed by atoms with Crippen LogP contribution in [-0.2, 0) is 6.18 Å². The van der Waals surface area contributed by atoms with Gasteiger partial charge in [0, 0.05) is 12.2 Å². The van der Waals surface area contributed by atoms with Gasteiger partial charge in [-0.2, -0.15) is 13.2 Å². The molecule has 1 atom stereocenters. The maximum atomic E-state index is 13.1. The first-order chi connectivity index (χ1) is 9.84. The van der Waals surface area contributed by atoms with Crippen LogP contribution >= 0.6 is 11.6 Å². The topological polar surface area (TPSA) is 65.2 Å². The number of rotatable bonds is 4. The Morgan fingerprint density at radius 3 is 2.71 bits per heavy atom. The van der Waals surface area contributed by atoms with Gasteiger partial charge in [-0.25, -0.2) is 15.0 Å². The smallest absolute Gasteiger partial charge is 0.314 e. The zero-order valence-electron chi connectivity index (χ0n) is 11.1. The Bertz CT molecular complexity index is 554. The maximum absolute atomic E-state index is 13.1. The van der Waals surface area contributed by atoms with Crippen LogP contribution in [0.25, 0.3) is 0 Å². The number of halogens is 4. The third-order valence-electron chi connectivity index (χ3n) is 2.85. The molecule has 5 nitrogen and oxygen atoms in total. The molecule has 1 aliphatic rings. The molecule has 1 aliphatic carbocycles. The summed E-state index contributed by atoms with van der Waals surface area (Å²) in [4.78, 5) is 12.4. The lowest BCUT2D eigenvalue weighted by atomic mass is 10.2. The highest BCUT2D eigenvalue weighted by Gasteiger charge is 2.39. The van der Waals surface area contributed by atoms with E-state index >= 15 is 0 Å². The SMILES string of the molecule is CC(Cl)N=C(c1cncnc1C(F)(F)F)N(C=N)C1CC1. The van der Waals surface area contributed by atoms with E-state index in [0.29, 0.717) is 0 Å². The Hall–Kier alpha value is -1.70. The zero-order chi connectivity index (χ0) is 15.6. The summed E-state index contributed by atoms with van der Waals surface area (Å²) >= 11 is 5.80. The van der Waals surface area contributed by atoms with Gasteiger partial charge in [0.15, 0.2) is 5.69 Å². The van der Waals surface area contributed by atoms with Gasteiger partial charge in [0.05, 0.1) is 11.9 Å². The van der Waals surface area contributed by atoms with E-state index in [1.807, 2.05) is 0 Å². The van der Waals surface area contributed by atoms with Gasteiger partial charge in [-0.15, -0.1) is 0 Å². The van der Waals surface area contributed by atoms with Gasteiger partial charge in [-0.05, 0) is 19.8 Å². The van der Waals surface area contributed by atoms with Crippen LogP contribution in [0.2, 0.25) is 0 Å². The fourth-order valence-corrected chi connectivity index (χ4v) is 1.95. The molecule has 0 aliphatic heterocycles. The minimum absolute atomic E-state index is 0.0251. The summed E-state index contributed by atoms with van der Waals surface area (Å²) in [5.41, 5.74) is -2.09. The van der Waals surface area contributed by atoms with Crippen molar-refractivity contribution in [2.24, 2.45) is 4.99 Å². The van der Waals surface area contributed by atoms with E-state index in [9.17, 15) is 13.2 Å². The summed E-state index contributed by atoms with van der Waals surface area (Å²) in [6, 6.07) is -0.0297. The first-order valence-electron chi connectivity index (χ1n) is 6.23. The Balaban J connectivity index is 2.54. The van der Waals surface area contributed by atoms with Crippen molar-refractivity contribution in [2.75, 3.05) is 0 Å². The summed E-state index contributed by atoms with van der Waals surface area (Å²) in [5.74, 6) is -0.0251. The van der Waals surface area contributed by atoms with E-state index in [1.54, 1.807) is 0 Å². The van der Waals surface area contributed by atoms with Crippen molar-refractivity contribution in [3.05, 3.63) is 23.8 Å². The number of aromatic nitrogens is 2. The fourth-order valence-electron chi connectivity index (χ4n) is 1.86. The van der Waals surface area contributed by atoms with Crippen LogP contribution in [0, 0.1) is 5.41 Å². The number of nitrogens with one attached hydrogen (secondary N) is 1. The van der Waals surface area contributed by atoms with Crippen LogP contribution < -0.4 is 0 Å². The second-order valence-electron chi connectivity index (χ2n) is 4.58. The lowest BCUT2D eigenvalue weighted by Gasteiger charge is -2.23. The molecule has 0 bridgehead atoms. The molecule has 0 radical (unpaired) electrons. The average molecular weight is 320 g/mol. The molecular formula is C12H13ClF3N5. The molecule has 1 unspecified atom stereocenters. The second-order valence-corrected chi connectivity index (χ2v) is 5.21. The second kappa shape index (κ2) is 5.97. The third-order valence-corrected chi connectivity index (χ3v) is 2.94. The quantitative estimate of drug-likeness (QED) is 0.401. The summed E-state index contributed by atoms with van der Waals surface area (Å²) in [5, 5.41) is 7.44. The molecule has 1 heterocycles. The van der Waals surface area contributed by atoms with Crippen LogP contribution in [0.5, 0.6) is 0 Å². The molecule has 0 saturated heterocycles. The zero-order valence-corrected chi connectivity index (χ0v) is 11.9. The van der Waals surface area contributed by atoms with Crippen molar-refractivity contribution < 1.29 is 13.2 Å². The molecule has 0 amide bonds. The van der Waals surface area contributed by atoms with Crippen LogP contribution in [0.4, 0.5) is 13.2 Å². The largest absolute Gasteiger partial charge is 0.434 e. The molecule has 9 heteroatoms. The van der Waals surface area contributed by atoms with Crippen molar-refractivity contribution in [3.63, 3.8) is 0 Å². The molecular weight excluding hydrogens is 307 g/mol. The van der Waals surface area contributed by atoms with E-state index in [0.717, 1.165) is 31.7 Å².